The van der Waals surface area contributed by atoms with Crippen molar-refractivity contribution in [3.05, 3.63) is 0 Å². The van der Waals surface area contributed by atoms with Crippen molar-refractivity contribution in [2.45, 2.75) is 177 Å². The molecule has 2 saturated heterocycles. The Hall–Kier alpha value is -0.580. The van der Waals surface area contributed by atoms with E-state index >= 15 is 0 Å². The van der Waals surface area contributed by atoms with E-state index in [0.717, 1.165) is 45.1 Å². The van der Waals surface area contributed by atoms with Crippen molar-refractivity contribution < 1.29 is 29.3 Å². The van der Waals surface area contributed by atoms with Gasteiger partial charge in [-0.15, -0.1) is 23.4 Å². The van der Waals surface area contributed by atoms with Gasteiger partial charge in [0.1, 0.15) is 23.7 Å². The van der Waals surface area contributed by atoms with Gasteiger partial charge in [-0.3, -0.25) is 14.5 Å². The van der Waals surface area contributed by atoms with E-state index < -0.39 is 47.2 Å². The predicted octanol–water partition coefficient (Wildman–Crippen LogP) is 6.42. The Balaban J connectivity index is 1.76. The smallest absolute Gasteiger partial charge is 0.306 e. The molecule has 1 amide bonds. The highest BCUT2D eigenvalue weighted by atomic mass is 35.5. The van der Waals surface area contributed by atoms with Crippen LogP contribution in [0.15, 0.2) is 0 Å². The summed E-state index contributed by atoms with van der Waals surface area (Å²) in [5.41, 5.74) is -0.702. The van der Waals surface area contributed by atoms with Crippen LogP contribution in [0.4, 0.5) is 0 Å². The van der Waals surface area contributed by atoms with Gasteiger partial charge >= 0.3 is 5.97 Å². The fraction of sp³-hybridized carbons (Fsp3) is 0.941. The third kappa shape index (κ3) is 13.3. The number of carbonyl (C=O) groups excluding carboxylic acids is 2. The number of esters is 1. The second kappa shape index (κ2) is 22.1. The molecule has 44 heavy (non-hydrogen) atoms. The van der Waals surface area contributed by atoms with Gasteiger partial charge in [-0.25, -0.2) is 0 Å². The number of amides is 1. The molecule has 258 valence electrons. The predicted molar refractivity (Wildman–Crippen MR) is 181 cm³/mol. The lowest BCUT2D eigenvalue weighted by molar-refractivity contribution is -0.218. The van der Waals surface area contributed by atoms with Crippen LogP contribution < -0.4 is 5.32 Å². The Morgan fingerprint density at radius 1 is 0.955 bits per heavy atom. The van der Waals surface area contributed by atoms with Gasteiger partial charge < -0.3 is 25.0 Å². The molecule has 0 bridgehead atoms. The number of aliphatic hydroxyl groups is 2. The molecule has 0 aliphatic carbocycles. The Morgan fingerprint density at radius 2 is 1.52 bits per heavy atom. The molecule has 2 fully saturated rings. The van der Waals surface area contributed by atoms with E-state index in [1.807, 2.05) is 7.05 Å². The monoisotopic (exact) mass is 662 g/mol. The Morgan fingerprint density at radius 3 is 2.05 bits per heavy atom. The van der Waals surface area contributed by atoms with Crippen LogP contribution in [0.1, 0.15) is 130 Å². The highest BCUT2D eigenvalue weighted by Gasteiger charge is 2.50. The summed E-state index contributed by atoms with van der Waals surface area (Å²) in [7, 11) is 1.95. The highest BCUT2D eigenvalue weighted by molar-refractivity contribution is 7.99. The summed E-state index contributed by atoms with van der Waals surface area (Å²) in [6.07, 6.45) is 16.3. The molecule has 2 aliphatic heterocycles. The maximum absolute atomic E-state index is 13.3. The van der Waals surface area contributed by atoms with E-state index in [1.54, 1.807) is 13.2 Å². The van der Waals surface area contributed by atoms with Gasteiger partial charge in [0.05, 0.1) is 17.5 Å². The summed E-state index contributed by atoms with van der Waals surface area (Å²) >= 11 is 7.82. The fourth-order valence-electron chi connectivity index (χ4n) is 6.72. The molecule has 9 atom stereocenters. The lowest BCUT2D eigenvalue weighted by atomic mass is 9.92. The minimum Gasteiger partial charge on any atom is -0.456 e. The molecule has 0 spiro atoms. The number of carbonyl (C=O) groups is 2. The van der Waals surface area contributed by atoms with Crippen LogP contribution in [-0.4, -0.2) is 94.2 Å². The lowest BCUT2D eigenvalue weighted by Crippen LogP contribution is -2.65. The maximum atomic E-state index is 13.3. The molecular weight excluding hydrogens is 600 g/mol. The summed E-state index contributed by atoms with van der Waals surface area (Å²) in [6.45, 7) is 7.01. The second-order valence-electron chi connectivity index (χ2n) is 13.2. The quantitative estimate of drug-likeness (QED) is 0.0693. The van der Waals surface area contributed by atoms with Crippen molar-refractivity contribution in [3.8, 4) is 0 Å². The van der Waals surface area contributed by atoms with Crippen molar-refractivity contribution in [1.29, 1.82) is 0 Å². The molecule has 2 aliphatic rings. The van der Waals surface area contributed by atoms with Crippen molar-refractivity contribution in [1.82, 2.24) is 10.2 Å². The van der Waals surface area contributed by atoms with Gasteiger partial charge in [-0.05, 0) is 45.4 Å². The average Bonchev–Trinajstić information content (AvgIpc) is 3.36. The van der Waals surface area contributed by atoms with Crippen LogP contribution in [0, 0.1) is 5.92 Å². The number of likely N-dealkylation sites (N-methyl/N-ethyl adjacent to an activating group) is 1. The minimum absolute atomic E-state index is 0.152. The molecule has 0 saturated carbocycles. The topological polar surface area (TPSA) is 108 Å². The number of rotatable bonds is 22. The van der Waals surface area contributed by atoms with Crippen molar-refractivity contribution in [2.24, 2.45) is 5.92 Å². The first kappa shape index (κ1) is 39.6. The normalized spacial score (nSPS) is 29.0. The number of likely N-dealkylation sites (tertiary alicyclic amines) is 1. The zero-order valence-electron chi connectivity index (χ0n) is 28.2. The van der Waals surface area contributed by atoms with Gasteiger partial charge in [-0.2, -0.15) is 0 Å². The molecule has 3 N–H and O–H groups in total. The Bertz CT molecular complexity index is 806. The summed E-state index contributed by atoms with van der Waals surface area (Å²) in [5, 5.41) is 24.6. The number of hydrogen-bond donors (Lipinski definition) is 3. The van der Waals surface area contributed by atoms with Crippen LogP contribution in [0.2, 0.25) is 0 Å². The van der Waals surface area contributed by atoms with Gasteiger partial charge in [0.25, 0.3) is 0 Å². The maximum Gasteiger partial charge on any atom is 0.306 e. The number of aliphatic hydroxyl groups excluding tert-OH is 2. The first-order valence-corrected chi connectivity index (χ1v) is 19.2. The third-order valence-corrected chi connectivity index (χ3v) is 10.5. The summed E-state index contributed by atoms with van der Waals surface area (Å²) in [6, 6.07) is -1.00. The second-order valence-corrected chi connectivity index (χ2v) is 14.8. The molecule has 0 aromatic carbocycles. The van der Waals surface area contributed by atoms with E-state index in [-0.39, 0.29) is 18.4 Å². The molecule has 2 rings (SSSR count). The van der Waals surface area contributed by atoms with Gasteiger partial charge in [0.15, 0.2) is 6.10 Å². The number of ether oxygens (including phenoxy) is 2. The number of nitrogens with one attached hydrogen (secondary N) is 1. The number of thioether (sulfide) groups is 1. The molecule has 10 heteroatoms. The van der Waals surface area contributed by atoms with Gasteiger partial charge in [0, 0.05) is 13.0 Å². The fourth-order valence-corrected chi connectivity index (χ4v) is 7.65. The van der Waals surface area contributed by atoms with E-state index in [0.29, 0.717) is 5.92 Å². The van der Waals surface area contributed by atoms with Crippen LogP contribution >= 0.6 is 23.4 Å². The largest absolute Gasteiger partial charge is 0.456 e. The first-order valence-electron chi connectivity index (χ1n) is 17.5. The standard InChI is InChI=1S/C34H63ClN2O6S/c1-6-8-9-10-11-12-13-14-15-16-17-18-19-21-27(38)42-32-30(40)29(39)31(43-34(32)44-5)28(24(3)35)36-33(41)26-22-25(20-7-2)23-37(26)4/h24-26,28-32,34,39-40H,6-23H2,1-5H3,(H,36,41)/t24-,25-,26+,28-,29-,30+,31+,32-,34-/m1/s1. The van der Waals surface area contributed by atoms with Gasteiger partial charge in [-0.1, -0.05) is 97.3 Å². The number of unbranched alkanes of at least 4 members (excludes halogenated alkanes) is 12. The molecule has 8 nitrogen and oxygen atoms in total. The first-order chi connectivity index (χ1) is 21.1. The van der Waals surface area contributed by atoms with Crippen LogP contribution in [0.5, 0.6) is 0 Å². The highest BCUT2D eigenvalue weighted by Crippen LogP contribution is 2.33. The molecule has 0 radical (unpaired) electrons. The van der Waals surface area contributed by atoms with Gasteiger partial charge in [0.2, 0.25) is 5.91 Å². The number of hydrogen-bond acceptors (Lipinski definition) is 8. The van der Waals surface area contributed by atoms with E-state index in [2.05, 4.69) is 24.1 Å². The summed E-state index contributed by atoms with van der Waals surface area (Å²) < 4.78 is 11.9. The van der Waals surface area contributed by atoms with Crippen molar-refractivity contribution >= 4 is 35.2 Å². The van der Waals surface area contributed by atoms with E-state index in [4.69, 9.17) is 21.1 Å². The average molecular weight is 663 g/mol. The SMILES string of the molecule is CCCCCCCCCCCCCCCC(=O)O[C@@H]1[C@@H](O)[C@@H](O)[C@H]([C@H](NC(=O)[C@@H]2C[C@@H](CCC)CN2C)[C@@H](C)Cl)O[C@@H]1SC. The molecule has 0 aromatic heterocycles. The Labute approximate surface area is 277 Å². The lowest BCUT2D eigenvalue weighted by Gasteiger charge is -2.45. The minimum atomic E-state index is -1.38. The third-order valence-electron chi connectivity index (χ3n) is 9.36. The summed E-state index contributed by atoms with van der Waals surface area (Å²) in [4.78, 5) is 28.0. The Kier molecular flexibility index (Phi) is 19.9. The summed E-state index contributed by atoms with van der Waals surface area (Å²) in [5.74, 6) is -0.0742. The van der Waals surface area contributed by atoms with Crippen molar-refractivity contribution in [2.75, 3.05) is 19.8 Å². The van der Waals surface area contributed by atoms with Crippen LogP contribution in [0.25, 0.3) is 0 Å². The zero-order chi connectivity index (χ0) is 32.5. The molecule has 2 heterocycles. The molecule has 0 unspecified atom stereocenters. The van der Waals surface area contributed by atoms with Crippen molar-refractivity contribution in [3.63, 3.8) is 0 Å². The van der Waals surface area contributed by atoms with E-state index in [1.165, 1.54) is 76.0 Å². The molecule has 0 aromatic rings. The zero-order valence-corrected chi connectivity index (χ0v) is 29.8. The van der Waals surface area contributed by atoms with E-state index in [9.17, 15) is 19.8 Å². The number of alkyl halides is 1. The number of halogens is 1. The number of nitrogens with zero attached hydrogens (tertiary/aromatic N) is 1. The van der Waals surface area contributed by atoms with Crippen LogP contribution in [-0.2, 0) is 19.1 Å². The van der Waals surface area contributed by atoms with Crippen LogP contribution in [0.3, 0.4) is 0 Å². The molecular formula is C34H63ClN2O6S.